The maximum absolute atomic E-state index is 8.86. The molecule has 1 aromatic carbocycles. The Kier molecular flexibility index (Phi) is 3.38. The van der Waals surface area contributed by atoms with Gasteiger partial charge in [0.2, 0.25) is 0 Å². The summed E-state index contributed by atoms with van der Waals surface area (Å²) in [7, 11) is 2.22. The molecule has 2 atom stereocenters. The van der Waals surface area contributed by atoms with Crippen LogP contribution < -0.4 is 4.74 Å². The highest BCUT2D eigenvalue weighted by atomic mass is 35.5. The van der Waals surface area contributed by atoms with Crippen molar-refractivity contribution < 1.29 is 4.74 Å². The Balaban J connectivity index is 1.70. The molecule has 2 saturated heterocycles. The standard InChI is InChI=1S/C15H17ClN2O/c1-18-11-3-4-12(18)7-14(6-11)19-13-5-2-10(9-17)15(16)8-13/h2,5,8,11-12,14H,3-4,6-7H2,1H3. The molecular formula is C15H17ClN2O. The van der Waals surface area contributed by atoms with Gasteiger partial charge in [-0.05, 0) is 44.9 Å². The molecule has 0 radical (unpaired) electrons. The summed E-state index contributed by atoms with van der Waals surface area (Å²) in [5.74, 6) is 0.776. The number of rotatable bonds is 2. The van der Waals surface area contributed by atoms with E-state index in [0.29, 0.717) is 22.7 Å². The smallest absolute Gasteiger partial charge is 0.121 e. The molecule has 3 nitrogen and oxygen atoms in total. The van der Waals surface area contributed by atoms with Gasteiger partial charge in [0.1, 0.15) is 17.9 Å². The Morgan fingerprint density at radius 2 is 2.00 bits per heavy atom. The molecule has 2 aliphatic rings. The molecule has 100 valence electrons. The van der Waals surface area contributed by atoms with E-state index in [2.05, 4.69) is 18.0 Å². The second-order valence-corrected chi connectivity index (χ2v) is 5.92. The van der Waals surface area contributed by atoms with E-state index < -0.39 is 0 Å². The zero-order chi connectivity index (χ0) is 13.4. The van der Waals surface area contributed by atoms with Gasteiger partial charge in [0, 0.05) is 18.2 Å². The van der Waals surface area contributed by atoms with E-state index in [9.17, 15) is 0 Å². The van der Waals surface area contributed by atoms with E-state index in [1.165, 1.54) is 12.8 Å². The zero-order valence-electron chi connectivity index (χ0n) is 11.0. The van der Waals surface area contributed by atoms with Gasteiger partial charge in [0.15, 0.2) is 0 Å². The Morgan fingerprint density at radius 1 is 1.32 bits per heavy atom. The van der Waals surface area contributed by atoms with Crippen LogP contribution in [0.5, 0.6) is 5.75 Å². The molecule has 4 heteroatoms. The lowest BCUT2D eigenvalue weighted by Gasteiger charge is -2.36. The highest BCUT2D eigenvalue weighted by Crippen LogP contribution is 2.36. The van der Waals surface area contributed by atoms with Crippen molar-refractivity contribution in [3.05, 3.63) is 28.8 Å². The van der Waals surface area contributed by atoms with Crippen LogP contribution in [0.2, 0.25) is 5.02 Å². The van der Waals surface area contributed by atoms with Crippen LogP contribution in [0.3, 0.4) is 0 Å². The Labute approximate surface area is 118 Å². The lowest BCUT2D eigenvalue weighted by molar-refractivity contribution is 0.0662. The van der Waals surface area contributed by atoms with Gasteiger partial charge in [-0.2, -0.15) is 5.26 Å². The number of piperidine rings is 1. The van der Waals surface area contributed by atoms with Crippen LogP contribution in [0.15, 0.2) is 18.2 Å². The molecule has 3 rings (SSSR count). The van der Waals surface area contributed by atoms with Gasteiger partial charge in [-0.1, -0.05) is 11.6 Å². The number of benzene rings is 1. The zero-order valence-corrected chi connectivity index (χ0v) is 11.7. The number of halogens is 1. The highest BCUT2D eigenvalue weighted by Gasteiger charge is 2.39. The van der Waals surface area contributed by atoms with E-state index in [4.69, 9.17) is 21.6 Å². The first-order chi connectivity index (χ1) is 9.17. The summed E-state index contributed by atoms with van der Waals surface area (Å²) in [6, 6.07) is 8.70. The van der Waals surface area contributed by atoms with E-state index >= 15 is 0 Å². The van der Waals surface area contributed by atoms with Gasteiger partial charge in [0.25, 0.3) is 0 Å². The van der Waals surface area contributed by atoms with Crippen molar-refractivity contribution in [1.82, 2.24) is 4.90 Å². The van der Waals surface area contributed by atoms with Crippen LogP contribution in [0, 0.1) is 11.3 Å². The van der Waals surface area contributed by atoms with E-state index in [1.807, 2.05) is 6.07 Å². The van der Waals surface area contributed by atoms with E-state index in [0.717, 1.165) is 18.6 Å². The average molecular weight is 277 g/mol. The SMILES string of the molecule is CN1C2CCC1CC(Oc1ccc(C#N)c(Cl)c1)C2. The van der Waals surface area contributed by atoms with Gasteiger partial charge in [-0.25, -0.2) is 0 Å². The summed E-state index contributed by atoms with van der Waals surface area (Å²) in [6.07, 6.45) is 5.03. The summed E-state index contributed by atoms with van der Waals surface area (Å²) in [5, 5.41) is 9.33. The highest BCUT2D eigenvalue weighted by molar-refractivity contribution is 6.31. The van der Waals surface area contributed by atoms with Gasteiger partial charge in [0.05, 0.1) is 10.6 Å². The minimum Gasteiger partial charge on any atom is -0.490 e. The van der Waals surface area contributed by atoms with Crippen LogP contribution in [0.1, 0.15) is 31.2 Å². The minimum absolute atomic E-state index is 0.276. The molecule has 2 unspecified atom stereocenters. The molecule has 0 saturated carbocycles. The van der Waals surface area contributed by atoms with Crippen LogP contribution in [-0.4, -0.2) is 30.1 Å². The second-order valence-electron chi connectivity index (χ2n) is 5.52. The number of hydrogen-bond acceptors (Lipinski definition) is 3. The first-order valence-electron chi connectivity index (χ1n) is 6.75. The molecular weight excluding hydrogens is 260 g/mol. The van der Waals surface area contributed by atoms with Gasteiger partial charge < -0.3 is 9.64 Å². The Hall–Kier alpha value is -1.24. The molecule has 0 spiro atoms. The third-order valence-electron chi connectivity index (χ3n) is 4.42. The topological polar surface area (TPSA) is 36.3 Å². The molecule has 19 heavy (non-hydrogen) atoms. The lowest BCUT2D eigenvalue weighted by atomic mass is 10.0. The van der Waals surface area contributed by atoms with Crippen molar-refractivity contribution >= 4 is 11.6 Å². The van der Waals surface area contributed by atoms with Gasteiger partial charge >= 0.3 is 0 Å². The summed E-state index contributed by atoms with van der Waals surface area (Å²) in [6.45, 7) is 0. The fraction of sp³-hybridized carbons (Fsp3) is 0.533. The second kappa shape index (κ2) is 5.03. The fourth-order valence-electron chi connectivity index (χ4n) is 3.31. The average Bonchev–Trinajstić information content (AvgIpc) is 2.63. The third kappa shape index (κ3) is 2.43. The molecule has 0 aliphatic carbocycles. The number of nitriles is 1. The fourth-order valence-corrected chi connectivity index (χ4v) is 3.52. The van der Waals surface area contributed by atoms with Crippen LogP contribution >= 0.6 is 11.6 Å². The number of fused-ring (bicyclic) bond motifs is 2. The van der Waals surface area contributed by atoms with Crippen molar-refractivity contribution in [3.63, 3.8) is 0 Å². The number of nitrogens with zero attached hydrogens (tertiary/aromatic N) is 2. The van der Waals surface area contributed by atoms with Gasteiger partial charge in [-0.15, -0.1) is 0 Å². The third-order valence-corrected chi connectivity index (χ3v) is 4.73. The molecule has 2 aliphatic heterocycles. The van der Waals surface area contributed by atoms with Gasteiger partial charge in [-0.3, -0.25) is 0 Å². The number of ether oxygens (including phenoxy) is 1. The molecule has 2 bridgehead atoms. The predicted octanol–water partition coefficient (Wildman–Crippen LogP) is 3.22. The Morgan fingerprint density at radius 3 is 2.58 bits per heavy atom. The Bertz CT molecular complexity index is 511. The summed E-state index contributed by atoms with van der Waals surface area (Å²) in [4.78, 5) is 2.49. The summed E-state index contributed by atoms with van der Waals surface area (Å²) in [5.41, 5.74) is 0.498. The first-order valence-corrected chi connectivity index (χ1v) is 7.13. The normalized spacial score (nSPS) is 30.1. The quantitative estimate of drug-likeness (QED) is 0.832. The van der Waals surface area contributed by atoms with Crippen molar-refractivity contribution in [2.75, 3.05) is 7.05 Å². The van der Waals surface area contributed by atoms with Crippen LogP contribution in [0.4, 0.5) is 0 Å². The van der Waals surface area contributed by atoms with Crippen LogP contribution in [-0.2, 0) is 0 Å². The van der Waals surface area contributed by atoms with E-state index in [-0.39, 0.29) is 6.10 Å². The molecule has 0 N–H and O–H groups in total. The lowest BCUT2D eigenvalue weighted by Crippen LogP contribution is -2.43. The molecule has 2 fully saturated rings. The molecule has 0 amide bonds. The maximum Gasteiger partial charge on any atom is 0.121 e. The maximum atomic E-state index is 8.86. The molecule has 1 aromatic rings. The summed E-state index contributed by atoms with van der Waals surface area (Å²) >= 11 is 6.03. The van der Waals surface area contributed by atoms with Crippen molar-refractivity contribution in [3.8, 4) is 11.8 Å². The first kappa shape index (κ1) is 12.8. The van der Waals surface area contributed by atoms with E-state index in [1.54, 1.807) is 12.1 Å². The van der Waals surface area contributed by atoms with Crippen molar-refractivity contribution in [2.45, 2.75) is 43.9 Å². The van der Waals surface area contributed by atoms with Crippen molar-refractivity contribution in [1.29, 1.82) is 5.26 Å². The molecule has 2 heterocycles. The summed E-state index contributed by atoms with van der Waals surface area (Å²) < 4.78 is 6.04. The monoisotopic (exact) mass is 276 g/mol. The number of hydrogen-bond donors (Lipinski definition) is 0. The molecule has 0 aromatic heterocycles. The van der Waals surface area contributed by atoms with Crippen LogP contribution in [0.25, 0.3) is 0 Å². The van der Waals surface area contributed by atoms with Crippen molar-refractivity contribution in [2.24, 2.45) is 0 Å². The minimum atomic E-state index is 0.276. The largest absolute Gasteiger partial charge is 0.490 e. The predicted molar refractivity (Wildman–Crippen MR) is 74.4 cm³/mol.